The molecule has 17 aromatic rings. The average molecular weight is 1320 g/mol. The molecular formula is C93H77N7Si. The Morgan fingerprint density at radius 3 is 0.980 bits per heavy atom. The molecule has 488 valence electrons. The van der Waals surface area contributed by atoms with E-state index in [4.69, 9.17) is 9.97 Å². The van der Waals surface area contributed by atoms with Gasteiger partial charge in [-0.2, -0.15) is 5.26 Å². The molecule has 6 aromatic heterocycles. The van der Waals surface area contributed by atoms with Gasteiger partial charge in [-0.15, -0.1) is 0 Å². The van der Waals surface area contributed by atoms with Crippen LogP contribution in [0.15, 0.2) is 249 Å². The van der Waals surface area contributed by atoms with Gasteiger partial charge >= 0.3 is 0 Å². The van der Waals surface area contributed by atoms with Crippen molar-refractivity contribution in [2.75, 3.05) is 0 Å². The van der Waals surface area contributed by atoms with E-state index in [0.29, 0.717) is 5.56 Å². The summed E-state index contributed by atoms with van der Waals surface area (Å²) in [6.07, 6.45) is 3.96. The molecule has 0 saturated heterocycles. The van der Waals surface area contributed by atoms with E-state index in [1.54, 1.807) is 0 Å². The summed E-state index contributed by atoms with van der Waals surface area (Å²) in [5.41, 5.74) is 23.0. The number of nitrogens with zero attached hydrogens (tertiary/aromatic N) is 7. The Kier molecular flexibility index (Phi) is 12.7. The van der Waals surface area contributed by atoms with Crippen LogP contribution in [0.25, 0.3) is 143 Å². The van der Waals surface area contributed by atoms with Gasteiger partial charge in [-0.05, 0) is 162 Å². The van der Waals surface area contributed by atoms with Crippen LogP contribution in [0.3, 0.4) is 0 Å². The maximum atomic E-state index is 13.6. The Morgan fingerprint density at radius 1 is 0.297 bits per heavy atom. The first kappa shape index (κ1) is 60.8. The first-order chi connectivity index (χ1) is 48.6. The van der Waals surface area contributed by atoms with E-state index in [2.05, 4.69) is 344 Å². The molecule has 2 aliphatic rings. The lowest BCUT2D eigenvalue weighted by Crippen LogP contribution is -2.72. The fourth-order valence-electron chi connectivity index (χ4n) is 17.6. The Morgan fingerprint density at radius 2 is 0.614 bits per heavy atom. The lowest BCUT2D eigenvalue weighted by atomic mass is 9.86. The fraction of sp³-hybridized carbons (Fsp3) is 0.172. The normalized spacial score (nSPS) is 13.6. The summed E-state index contributed by atoms with van der Waals surface area (Å²) >= 11 is 0. The quantitative estimate of drug-likeness (QED) is 0.161. The number of nitriles is 1. The van der Waals surface area contributed by atoms with Crippen molar-refractivity contribution in [1.29, 1.82) is 5.26 Å². The van der Waals surface area contributed by atoms with Crippen molar-refractivity contribution in [3.8, 4) is 62.2 Å². The number of pyridine rings is 2. The van der Waals surface area contributed by atoms with Crippen LogP contribution in [-0.4, -0.2) is 36.3 Å². The summed E-state index contributed by atoms with van der Waals surface area (Å²) in [6, 6.07) is 92.6. The van der Waals surface area contributed by atoms with Crippen LogP contribution in [0.4, 0.5) is 0 Å². The molecule has 0 bridgehead atoms. The van der Waals surface area contributed by atoms with Gasteiger partial charge in [-0.25, -0.2) is 0 Å². The van der Waals surface area contributed by atoms with E-state index in [9.17, 15) is 5.26 Å². The van der Waals surface area contributed by atoms with E-state index >= 15 is 0 Å². The summed E-state index contributed by atoms with van der Waals surface area (Å²) in [6.45, 7) is 27.7. The van der Waals surface area contributed by atoms with E-state index in [0.717, 1.165) is 148 Å². The smallest absolute Gasteiger partial charge is 0.226 e. The van der Waals surface area contributed by atoms with Crippen molar-refractivity contribution < 1.29 is 0 Å². The number of rotatable bonds is 5. The molecule has 8 heterocycles. The molecule has 0 unspecified atom stereocenters. The Balaban J connectivity index is 1.12. The summed E-state index contributed by atoms with van der Waals surface area (Å²) < 4.78 is 10.1. The minimum atomic E-state index is -3.16. The van der Waals surface area contributed by atoms with Gasteiger partial charge in [0.1, 0.15) is 11.6 Å². The Hall–Kier alpha value is -11.4. The number of hydrogen-bond acceptors (Lipinski definition) is 3. The van der Waals surface area contributed by atoms with Crippen molar-refractivity contribution in [1.82, 2.24) is 28.2 Å². The summed E-state index contributed by atoms with van der Waals surface area (Å²) in [4.78, 5) is 10.9. The molecule has 11 aromatic carbocycles. The van der Waals surface area contributed by atoms with Crippen LogP contribution >= 0.6 is 0 Å². The SMILES string of the molecule is CC(C)(C)c1ccc2c(c1)c1ccccc1n2-c1c(C#N)c(-n2c3ccccc3c3cc(C(C)(C)C)ccc32)c(-n2c3ccccc3c3cc(C(C)(C)C)ccc32)c(-c2ccc3c(c2)-c2ccccc2[Si]32c3ncccc3-c3cccnc32)c1-n1c2ccccc2c2cc(C(C)(C)C)ccc21. The van der Waals surface area contributed by atoms with Crippen molar-refractivity contribution in [2.24, 2.45) is 0 Å². The van der Waals surface area contributed by atoms with E-state index in [-0.39, 0.29) is 21.7 Å². The van der Waals surface area contributed by atoms with Gasteiger partial charge in [-0.3, -0.25) is 9.97 Å². The molecule has 19 rings (SSSR count). The maximum absolute atomic E-state index is 13.6. The third-order valence-corrected chi connectivity index (χ3v) is 27.2. The lowest BCUT2D eigenvalue weighted by molar-refractivity contribution is 0.591. The van der Waals surface area contributed by atoms with Crippen LogP contribution in [0.5, 0.6) is 0 Å². The number of benzene rings is 11. The van der Waals surface area contributed by atoms with Crippen molar-refractivity contribution >= 4 is 116 Å². The largest absolute Gasteiger partial charge is 0.306 e. The van der Waals surface area contributed by atoms with Gasteiger partial charge in [0.25, 0.3) is 0 Å². The first-order valence-electron chi connectivity index (χ1n) is 35.6. The fourth-order valence-corrected chi connectivity index (χ4v) is 22.8. The highest BCUT2D eigenvalue weighted by Gasteiger charge is 2.57. The second-order valence-corrected chi connectivity index (χ2v) is 36.0. The molecule has 7 nitrogen and oxygen atoms in total. The van der Waals surface area contributed by atoms with Crippen LogP contribution in [-0.2, 0) is 21.7 Å². The third-order valence-electron chi connectivity index (χ3n) is 22.5. The van der Waals surface area contributed by atoms with Gasteiger partial charge in [0.05, 0.1) is 66.9 Å². The van der Waals surface area contributed by atoms with Crippen LogP contribution in [0.2, 0.25) is 0 Å². The zero-order chi connectivity index (χ0) is 69.1. The summed E-state index contributed by atoms with van der Waals surface area (Å²) in [5.74, 6) is 0. The monoisotopic (exact) mass is 1320 g/mol. The Bertz CT molecular complexity index is 6190. The molecule has 2 aliphatic heterocycles. The zero-order valence-electron chi connectivity index (χ0n) is 59.3. The topological polar surface area (TPSA) is 69.3 Å². The van der Waals surface area contributed by atoms with Crippen molar-refractivity contribution in [3.05, 3.63) is 277 Å². The number of hydrogen-bond donors (Lipinski definition) is 0. The Labute approximate surface area is 589 Å². The maximum Gasteiger partial charge on any atom is 0.226 e. The van der Waals surface area contributed by atoms with Crippen LogP contribution < -0.4 is 21.0 Å². The van der Waals surface area contributed by atoms with Gasteiger partial charge in [-0.1, -0.05) is 229 Å². The average Bonchev–Trinajstić information content (AvgIpc) is 1.54. The molecular weight excluding hydrogens is 1240 g/mol. The molecule has 0 aliphatic carbocycles. The molecule has 1 spiro atoms. The van der Waals surface area contributed by atoms with Crippen LogP contribution in [0.1, 0.15) is 111 Å². The molecule has 0 radical (unpaired) electrons. The standard InChI is InChI=1S/C93H77N7Si/c1-90(2,3)56-38-42-77-67(50-56)60-25-13-18-32-73(60)97(77)84-72(54-94)85(98-74-33-19-14-26-61(74)68-51-57(91(4,5)6)39-43-78(68)98)87(100-76-35-21-16-28-63(76)70-53-59(93(10,11)12)41-45-80(70)100)83(86(84)99-75-34-20-15-27-62(75)69-52-58(92(7,8)9)40-44-79(69)99)55-37-46-82-71(49-55)64-29-17-22-36-81(64)101(82)88-65(30-23-47-95-88)66-31-24-48-96-89(66)101/h13-53H,1-12H3. The van der Waals surface area contributed by atoms with E-state index in [1.165, 1.54) is 38.2 Å². The van der Waals surface area contributed by atoms with Gasteiger partial charge in [0.15, 0.2) is 0 Å². The molecule has 0 N–H and O–H groups in total. The van der Waals surface area contributed by atoms with E-state index in [1.807, 2.05) is 12.4 Å². The zero-order valence-corrected chi connectivity index (χ0v) is 60.3. The molecule has 101 heavy (non-hydrogen) atoms. The highest BCUT2D eigenvalue weighted by molar-refractivity contribution is 7.23. The number of para-hydroxylation sites is 4. The van der Waals surface area contributed by atoms with Crippen molar-refractivity contribution in [3.63, 3.8) is 0 Å². The van der Waals surface area contributed by atoms with Crippen molar-refractivity contribution in [2.45, 2.75) is 105 Å². The minimum absolute atomic E-state index is 0.154. The minimum Gasteiger partial charge on any atom is -0.306 e. The number of aromatic nitrogens is 6. The van der Waals surface area contributed by atoms with Gasteiger partial charge in [0, 0.05) is 82.8 Å². The van der Waals surface area contributed by atoms with Gasteiger partial charge in [0.2, 0.25) is 8.07 Å². The first-order valence-corrected chi connectivity index (χ1v) is 37.6. The summed E-state index contributed by atoms with van der Waals surface area (Å²) in [7, 11) is -3.16. The molecule has 0 saturated carbocycles. The van der Waals surface area contributed by atoms with Crippen LogP contribution in [0, 0.1) is 11.3 Å². The second kappa shape index (κ2) is 21.1. The predicted molar refractivity (Wildman–Crippen MR) is 426 cm³/mol. The predicted octanol–water partition coefficient (Wildman–Crippen LogP) is 20.9. The molecule has 0 fully saturated rings. The second-order valence-electron chi connectivity index (χ2n) is 32.4. The van der Waals surface area contributed by atoms with Gasteiger partial charge < -0.3 is 18.3 Å². The lowest BCUT2D eigenvalue weighted by Gasteiger charge is -2.30. The third kappa shape index (κ3) is 8.45. The highest BCUT2D eigenvalue weighted by atomic mass is 28.3. The summed E-state index contributed by atoms with van der Waals surface area (Å²) in [5, 5.41) is 27.4. The number of fused-ring (bicyclic) bond motifs is 22. The highest BCUT2D eigenvalue weighted by Crippen LogP contribution is 2.54. The molecule has 0 amide bonds. The molecule has 8 heteroatoms. The molecule has 0 atom stereocenters. The van der Waals surface area contributed by atoms with E-state index < -0.39 is 8.07 Å².